The number of hydrogen-bond acceptors (Lipinski definition) is 6. The van der Waals surface area contributed by atoms with E-state index in [1.807, 2.05) is 30.3 Å². The molecular weight excluding hydrogens is 540 g/mol. The molecule has 204 valence electrons. The van der Waals surface area contributed by atoms with Gasteiger partial charge in [0.2, 0.25) is 0 Å². The maximum atomic E-state index is 14.3. The van der Waals surface area contributed by atoms with E-state index >= 15 is 0 Å². The van der Waals surface area contributed by atoms with Crippen molar-refractivity contribution in [3.05, 3.63) is 54.2 Å². The molecular formula is C26H29Cl2F3N6O. The summed E-state index contributed by atoms with van der Waals surface area (Å²) in [4.78, 5) is 6.29. The molecule has 12 heteroatoms. The number of alkyl halides is 3. The van der Waals surface area contributed by atoms with Gasteiger partial charge in [-0.25, -0.2) is 4.98 Å². The highest BCUT2D eigenvalue weighted by Gasteiger charge is 2.46. The quantitative estimate of drug-likeness (QED) is 0.318. The van der Waals surface area contributed by atoms with E-state index in [9.17, 15) is 13.2 Å². The van der Waals surface area contributed by atoms with Crippen LogP contribution in [-0.4, -0.2) is 63.4 Å². The fourth-order valence-electron chi connectivity index (χ4n) is 4.96. The summed E-state index contributed by atoms with van der Waals surface area (Å²) in [5.41, 5.74) is 1.84. The summed E-state index contributed by atoms with van der Waals surface area (Å²) in [6.07, 6.45) is 0.124. The van der Waals surface area contributed by atoms with Crippen molar-refractivity contribution in [3.8, 4) is 17.3 Å². The van der Waals surface area contributed by atoms with Crippen molar-refractivity contribution in [1.82, 2.24) is 29.8 Å². The first-order valence-electron chi connectivity index (χ1n) is 12.3. The van der Waals surface area contributed by atoms with E-state index < -0.39 is 12.2 Å². The van der Waals surface area contributed by atoms with Crippen LogP contribution in [0.4, 0.5) is 13.2 Å². The predicted octanol–water partition coefficient (Wildman–Crippen LogP) is 5.47. The maximum Gasteiger partial charge on any atom is 0.408 e. The average Bonchev–Trinajstić information content (AvgIpc) is 3.42. The number of pyridine rings is 2. The Morgan fingerprint density at radius 3 is 2.58 bits per heavy atom. The minimum atomic E-state index is -4.42. The number of fused-ring (bicyclic) bond motifs is 2. The SMILES string of the molecule is CNC1CCN([C@H](c2ccc3nnc(-c4ccc5cccc(OCC6CC6)c5n4)n3c2)C(F)(F)F)C1.Cl.Cl. The van der Waals surface area contributed by atoms with E-state index in [1.54, 1.807) is 17.5 Å². The minimum Gasteiger partial charge on any atom is -0.491 e. The fraction of sp³-hybridized carbons (Fsp3) is 0.423. The number of nitrogens with zero attached hydrogens (tertiary/aromatic N) is 5. The minimum absolute atomic E-state index is 0. The number of likely N-dealkylation sites (tertiary alicyclic amines) is 1. The Balaban J connectivity index is 0.00000168. The van der Waals surface area contributed by atoms with E-state index in [0.29, 0.717) is 60.5 Å². The van der Waals surface area contributed by atoms with Gasteiger partial charge in [0.25, 0.3) is 0 Å². The summed E-state index contributed by atoms with van der Waals surface area (Å²) >= 11 is 0. The molecule has 2 fully saturated rings. The first-order chi connectivity index (χ1) is 17.4. The van der Waals surface area contributed by atoms with E-state index in [-0.39, 0.29) is 36.4 Å². The molecule has 2 aliphatic rings. The molecule has 6 rings (SSSR count). The van der Waals surface area contributed by atoms with Crippen molar-refractivity contribution >= 4 is 41.4 Å². The van der Waals surface area contributed by atoms with E-state index in [0.717, 1.165) is 5.39 Å². The van der Waals surface area contributed by atoms with Crippen LogP contribution in [0.3, 0.4) is 0 Å². The highest BCUT2D eigenvalue weighted by atomic mass is 35.5. The molecule has 1 N–H and O–H groups in total. The lowest BCUT2D eigenvalue weighted by Crippen LogP contribution is -2.39. The zero-order chi connectivity index (χ0) is 24.9. The second-order valence-electron chi connectivity index (χ2n) is 9.71. The summed E-state index contributed by atoms with van der Waals surface area (Å²) in [5, 5.41) is 12.5. The maximum absolute atomic E-state index is 14.3. The third kappa shape index (κ3) is 5.54. The molecule has 3 aromatic heterocycles. The Kier molecular flexibility index (Phi) is 8.37. The van der Waals surface area contributed by atoms with Crippen LogP contribution >= 0.6 is 24.8 Å². The van der Waals surface area contributed by atoms with Crippen molar-refractivity contribution < 1.29 is 17.9 Å². The molecule has 4 aromatic rings. The Morgan fingerprint density at radius 1 is 1.05 bits per heavy atom. The Labute approximate surface area is 230 Å². The first kappa shape index (κ1) is 28.4. The van der Waals surface area contributed by atoms with Crippen molar-refractivity contribution in [3.63, 3.8) is 0 Å². The zero-order valence-electron chi connectivity index (χ0n) is 20.7. The van der Waals surface area contributed by atoms with Crippen molar-refractivity contribution in [2.45, 2.75) is 37.5 Å². The number of rotatable bonds is 7. The molecule has 1 saturated heterocycles. The monoisotopic (exact) mass is 568 g/mol. The van der Waals surface area contributed by atoms with E-state index in [2.05, 4.69) is 15.5 Å². The summed E-state index contributed by atoms with van der Waals surface area (Å²) in [6.45, 7) is 1.37. The molecule has 2 atom stereocenters. The van der Waals surface area contributed by atoms with Crippen LogP contribution in [0.25, 0.3) is 28.1 Å². The molecule has 0 spiro atoms. The van der Waals surface area contributed by atoms with Crippen LogP contribution in [0.1, 0.15) is 30.9 Å². The van der Waals surface area contributed by atoms with E-state index in [4.69, 9.17) is 9.72 Å². The number of benzene rings is 1. The molecule has 0 amide bonds. The van der Waals surface area contributed by atoms with Gasteiger partial charge in [-0.1, -0.05) is 24.3 Å². The molecule has 7 nitrogen and oxygen atoms in total. The average molecular weight is 569 g/mol. The predicted molar refractivity (Wildman–Crippen MR) is 144 cm³/mol. The highest BCUT2D eigenvalue weighted by molar-refractivity contribution is 5.86. The molecule has 0 bridgehead atoms. The van der Waals surface area contributed by atoms with Crippen molar-refractivity contribution in [2.24, 2.45) is 5.92 Å². The van der Waals surface area contributed by atoms with Crippen molar-refractivity contribution in [1.29, 1.82) is 0 Å². The van der Waals surface area contributed by atoms with Gasteiger partial charge in [-0.05, 0) is 56.0 Å². The molecule has 1 aliphatic heterocycles. The number of aromatic nitrogens is 4. The third-order valence-corrected chi connectivity index (χ3v) is 7.13. The number of halogens is 5. The largest absolute Gasteiger partial charge is 0.491 e. The number of nitrogens with one attached hydrogen (secondary N) is 1. The van der Waals surface area contributed by atoms with Crippen LogP contribution < -0.4 is 10.1 Å². The lowest BCUT2D eigenvalue weighted by atomic mass is 10.1. The van der Waals surface area contributed by atoms with Gasteiger partial charge in [-0.2, -0.15) is 13.2 Å². The molecule has 4 heterocycles. The molecule has 1 unspecified atom stereocenters. The summed E-state index contributed by atoms with van der Waals surface area (Å²) in [5.74, 6) is 1.69. The number of ether oxygens (including phenoxy) is 1. The van der Waals surface area contributed by atoms with Crippen LogP contribution in [0.5, 0.6) is 5.75 Å². The fourth-order valence-corrected chi connectivity index (χ4v) is 4.96. The number of hydrogen-bond donors (Lipinski definition) is 1. The molecule has 1 saturated carbocycles. The van der Waals surface area contributed by atoms with Crippen LogP contribution in [0.2, 0.25) is 0 Å². The lowest BCUT2D eigenvalue weighted by Gasteiger charge is -2.30. The Hall–Kier alpha value is -2.66. The van der Waals surface area contributed by atoms with Crippen LogP contribution in [0, 0.1) is 5.92 Å². The Bertz CT molecular complexity index is 1410. The standard InChI is InChI=1S/C26H27F3N6O.2ClH/c1-30-19-11-12-34(14-19)24(26(27,28)29)18-8-10-22-32-33-25(35(22)13-18)20-9-7-17-3-2-4-21(23(17)31-20)36-15-16-5-6-16;;/h2-4,7-10,13,16,19,24,30H,5-6,11-12,14-15H2,1H3;2*1H/t19?,24-;;/m1../s1. The van der Waals surface area contributed by atoms with Crippen molar-refractivity contribution in [2.75, 3.05) is 26.7 Å². The van der Waals surface area contributed by atoms with Gasteiger partial charge < -0.3 is 10.1 Å². The number of para-hydroxylation sites is 1. The third-order valence-electron chi connectivity index (χ3n) is 7.13. The summed E-state index contributed by atoms with van der Waals surface area (Å²) in [7, 11) is 1.78. The summed E-state index contributed by atoms with van der Waals surface area (Å²) < 4.78 is 50.4. The van der Waals surface area contributed by atoms with Gasteiger partial charge in [-0.3, -0.25) is 9.30 Å². The zero-order valence-corrected chi connectivity index (χ0v) is 22.3. The molecule has 1 aromatic carbocycles. The van der Waals surface area contributed by atoms with Gasteiger partial charge in [0.1, 0.15) is 23.0 Å². The highest BCUT2D eigenvalue weighted by Crippen LogP contribution is 2.40. The van der Waals surface area contributed by atoms with Gasteiger partial charge in [-0.15, -0.1) is 35.0 Å². The Morgan fingerprint density at radius 2 is 1.87 bits per heavy atom. The van der Waals surface area contributed by atoms with Crippen LogP contribution in [-0.2, 0) is 0 Å². The topological polar surface area (TPSA) is 67.6 Å². The van der Waals surface area contributed by atoms with Crippen LogP contribution in [0.15, 0.2) is 48.7 Å². The lowest BCUT2D eigenvalue weighted by molar-refractivity contribution is -0.184. The van der Waals surface area contributed by atoms with Gasteiger partial charge in [0.15, 0.2) is 11.5 Å². The first-order valence-corrected chi connectivity index (χ1v) is 12.3. The smallest absolute Gasteiger partial charge is 0.408 e. The molecule has 38 heavy (non-hydrogen) atoms. The molecule has 0 radical (unpaired) electrons. The van der Waals surface area contributed by atoms with Gasteiger partial charge >= 0.3 is 6.18 Å². The second kappa shape index (κ2) is 11.2. The van der Waals surface area contributed by atoms with Gasteiger partial charge in [0, 0.05) is 30.7 Å². The normalized spacial score (nSPS) is 18.8. The molecule has 1 aliphatic carbocycles. The van der Waals surface area contributed by atoms with E-state index in [1.165, 1.54) is 30.0 Å². The second-order valence-corrected chi connectivity index (χ2v) is 9.71. The van der Waals surface area contributed by atoms with Gasteiger partial charge in [0.05, 0.1) is 6.61 Å². The number of likely N-dealkylation sites (N-methyl/N-ethyl adjacent to an activating group) is 1. The summed E-state index contributed by atoms with van der Waals surface area (Å²) in [6, 6.07) is 10.9.